The monoisotopic (exact) mass is 411 g/mol. The fourth-order valence-electron chi connectivity index (χ4n) is 3.12. The highest BCUT2D eigenvalue weighted by molar-refractivity contribution is 5.90. The SMILES string of the molecule is COC(=O)Cc1c(C)c2ccc(O)c(CNc3ccc(C(=O)OC)cc3)c2oc1=O. The molecule has 0 unspecified atom stereocenters. The van der Waals surface area contributed by atoms with Crippen LogP contribution in [0.5, 0.6) is 5.75 Å². The molecule has 1 heterocycles. The number of methoxy groups -OCH3 is 2. The summed E-state index contributed by atoms with van der Waals surface area (Å²) in [5, 5.41) is 14.1. The minimum atomic E-state index is -0.653. The Morgan fingerprint density at radius 3 is 2.37 bits per heavy atom. The van der Waals surface area contributed by atoms with E-state index in [0.29, 0.717) is 27.8 Å². The topological polar surface area (TPSA) is 115 Å². The predicted octanol–water partition coefficient (Wildman–Crippen LogP) is 2.92. The number of carbonyl (C=O) groups is 2. The highest BCUT2D eigenvalue weighted by Gasteiger charge is 2.18. The van der Waals surface area contributed by atoms with Crippen LogP contribution in [0, 0.1) is 6.92 Å². The summed E-state index contributed by atoms with van der Waals surface area (Å²) in [5.74, 6) is -1.02. The second-order valence-corrected chi connectivity index (χ2v) is 6.61. The van der Waals surface area contributed by atoms with E-state index >= 15 is 0 Å². The maximum absolute atomic E-state index is 12.5. The molecule has 0 radical (unpaired) electrons. The summed E-state index contributed by atoms with van der Waals surface area (Å²) in [4.78, 5) is 35.6. The van der Waals surface area contributed by atoms with Gasteiger partial charge in [-0.25, -0.2) is 9.59 Å². The summed E-state index contributed by atoms with van der Waals surface area (Å²) >= 11 is 0. The van der Waals surface area contributed by atoms with Gasteiger partial charge in [0.1, 0.15) is 11.3 Å². The summed E-state index contributed by atoms with van der Waals surface area (Å²) in [7, 11) is 2.56. The van der Waals surface area contributed by atoms with Gasteiger partial charge in [-0.2, -0.15) is 0 Å². The molecule has 0 spiro atoms. The van der Waals surface area contributed by atoms with Crippen molar-refractivity contribution < 1.29 is 28.6 Å². The third-order valence-corrected chi connectivity index (χ3v) is 4.86. The summed E-state index contributed by atoms with van der Waals surface area (Å²) in [6.07, 6.45) is -0.193. The van der Waals surface area contributed by atoms with Crippen LogP contribution in [0.4, 0.5) is 5.69 Å². The summed E-state index contributed by atoms with van der Waals surface area (Å²) in [5.41, 5.74) is 1.91. The minimum Gasteiger partial charge on any atom is -0.507 e. The standard InChI is InChI=1S/C22H21NO7/c1-12-15-8-9-18(24)17(20(15)30-22(27)16(12)10-19(25)28-2)11-23-14-6-4-13(5-7-14)21(26)29-3/h4-9,23-24H,10-11H2,1-3H3. The molecule has 0 aliphatic heterocycles. The molecule has 0 aliphatic carbocycles. The molecule has 0 bridgehead atoms. The van der Waals surface area contributed by atoms with Crippen LogP contribution < -0.4 is 10.9 Å². The third-order valence-electron chi connectivity index (χ3n) is 4.86. The molecule has 1 aromatic heterocycles. The van der Waals surface area contributed by atoms with Gasteiger partial charge in [0, 0.05) is 17.6 Å². The molecule has 30 heavy (non-hydrogen) atoms. The Labute approximate surface area is 172 Å². The number of anilines is 1. The van der Waals surface area contributed by atoms with Gasteiger partial charge >= 0.3 is 17.6 Å². The average molecular weight is 411 g/mol. The van der Waals surface area contributed by atoms with Gasteiger partial charge in [0.15, 0.2) is 0 Å². The van der Waals surface area contributed by atoms with Gasteiger partial charge in [0.05, 0.1) is 37.3 Å². The normalized spacial score (nSPS) is 10.6. The minimum absolute atomic E-state index is 0.0375. The zero-order chi connectivity index (χ0) is 21.8. The second kappa shape index (κ2) is 8.69. The largest absolute Gasteiger partial charge is 0.507 e. The Bertz CT molecular complexity index is 1160. The number of nitrogens with one attached hydrogen (secondary N) is 1. The number of fused-ring (bicyclic) bond motifs is 1. The van der Waals surface area contributed by atoms with Crippen molar-refractivity contribution >= 4 is 28.6 Å². The molecule has 8 heteroatoms. The van der Waals surface area contributed by atoms with Crippen LogP contribution in [0.3, 0.4) is 0 Å². The number of aromatic hydroxyl groups is 1. The van der Waals surface area contributed by atoms with Crippen molar-refractivity contribution in [1.82, 2.24) is 0 Å². The van der Waals surface area contributed by atoms with Crippen molar-refractivity contribution in [2.24, 2.45) is 0 Å². The molecule has 0 amide bonds. The lowest BCUT2D eigenvalue weighted by atomic mass is 10.0. The molecule has 0 saturated carbocycles. The predicted molar refractivity (Wildman–Crippen MR) is 110 cm³/mol. The lowest BCUT2D eigenvalue weighted by Crippen LogP contribution is -2.16. The van der Waals surface area contributed by atoms with Gasteiger partial charge in [-0.15, -0.1) is 0 Å². The maximum Gasteiger partial charge on any atom is 0.340 e. The highest BCUT2D eigenvalue weighted by Crippen LogP contribution is 2.30. The summed E-state index contributed by atoms with van der Waals surface area (Å²) in [6.45, 7) is 1.89. The number of rotatable bonds is 6. The first-order chi connectivity index (χ1) is 14.3. The Hall–Kier alpha value is -3.81. The maximum atomic E-state index is 12.5. The van der Waals surface area contributed by atoms with Gasteiger partial charge in [0.2, 0.25) is 0 Å². The van der Waals surface area contributed by atoms with Crippen LogP contribution in [0.2, 0.25) is 0 Å². The first kappa shape index (κ1) is 20.9. The number of carbonyl (C=O) groups excluding carboxylic acids is 2. The van der Waals surface area contributed by atoms with E-state index in [1.165, 1.54) is 20.3 Å². The molecule has 0 aliphatic rings. The number of phenolic OH excluding ortho intramolecular Hbond substituents is 1. The number of phenols is 1. The van der Waals surface area contributed by atoms with Crippen molar-refractivity contribution in [1.29, 1.82) is 0 Å². The Morgan fingerprint density at radius 1 is 1.03 bits per heavy atom. The van der Waals surface area contributed by atoms with E-state index in [4.69, 9.17) is 4.42 Å². The molecule has 8 nitrogen and oxygen atoms in total. The summed E-state index contributed by atoms with van der Waals surface area (Å²) < 4.78 is 14.8. The lowest BCUT2D eigenvalue weighted by molar-refractivity contribution is -0.139. The second-order valence-electron chi connectivity index (χ2n) is 6.61. The van der Waals surface area contributed by atoms with Crippen molar-refractivity contribution in [3.63, 3.8) is 0 Å². The Morgan fingerprint density at radius 2 is 1.73 bits per heavy atom. The van der Waals surface area contributed by atoms with Crippen molar-refractivity contribution in [3.05, 3.63) is 69.1 Å². The number of hydrogen-bond acceptors (Lipinski definition) is 8. The molecular weight excluding hydrogens is 390 g/mol. The molecule has 0 saturated heterocycles. The molecule has 0 atom stereocenters. The number of aryl methyl sites for hydroxylation is 1. The number of benzene rings is 2. The molecule has 2 N–H and O–H groups in total. The van der Waals surface area contributed by atoms with Crippen molar-refractivity contribution in [2.45, 2.75) is 19.9 Å². The quantitative estimate of drug-likeness (QED) is 0.470. The fourth-order valence-corrected chi connectivity index (χ4v) is 3.12. The molecule has 2 aromatic carbocycles. The molecule has 3 aromatic rings. The fraction of sp³-hybridized carbons (Fsp3) is 0.227. The van der Waals surface area contributed by atoms with E-state index in [2.05, 4.69) is 14.8 Å². The van der Waals surface area contributed by atoms with Crippen LogP contribution in [0.25, 0.3) is 11.0 Å². The van der Waals surface area contributed by atoms with E-state index in [1.54, 1.807) is 37.3 Å². The van der Waals surface area contributed by atoms with Crippen LogP contribution in [-0.2, 0) is 27.2 Å². The van der Waals surface area contributed by atoms with E-state index in [1.807, 2.05) is 0 Å². The third kappa shape index (κ3) is 4.12. The van der Waals surface area contributed by atoms with E-state index < -0.39 is 17.6 Å². The zero-order valence-electron chi connectivity index (χ0n) is 16.8. The van der Waals surface area contributed by atoms with E-state index in [-0.39, 0.29) is 29.9 Å². The number of ether oxygens (including phenoxy) is 2. The molecule has 3 rings (SSSR count). The zero-order valence-corrected chi connectivity index (χ0v) is 16.8. The molecule has 156 valence electrons. The van der Waals surface area contributed by atoms with E-state index in [0.717, 1.165) is 0 Å². The van der Waals surface area contributed by atoms with Crippen molar-refractivity contribution in [3.8, 4) is 5.75 Å². The van der Waals surface area contributed by atoms with E-state index in [9.17, 15) is 19.5 Å². The van der Waals surface area contributed by atoms with Crippen LogP contribution >= 0.6 is 0 Å². The molecular formula is C22H21NO7. The highest BCUT2D eigenvalue weighted by atomic mass is 16.5. The van der Waals surface area contributed by atoms with Gasteiger partial charge in [-0.1, -0.05) is 0 Å². The Balaban J connectivity index is 1.94. The Kier molecular flexibility index (Phi) is 6.06. The van der Waals surface area contributed by atoms with Crippen LogP contribution in [0.15, 0.2) is 45.6 Å². The number of hydrogen-bond donors (Lipinski definition) is 2. The first-order valence-corrected chi connectivity index (χ1v) is 9.12. The van der Waals surface area contributed by atoms with Gasteiger partial charge in [-0.3, -0.25) is 4.79 Å². The molecule has 0 fully saturated rings. The van der Waals surface area contributed by atoms with Gasteiger partial charge in [-0.05, 0) is 48.9 Å². The van der Waals surface area contributed by atoms with Crippen LogP contribution in [0.1, 0.15) is 27.0 Å². The smallest absolute Gasteiger partial charge is 0.340 e. The lowest BCUT2D eigenvalue weighted by Gasteiger charge is -2.13. The van der Waals surface area contributed by atoms with Crippen molar-refractivity contribution in [2.75, 3.05) is 19.5 Å². The van der Waals surface area contributed by atoms with Crippen LogP contribution in [-0.4, -0.2) is 31.3 Å². The summed E-state index contributed by atoms with van der Waals surface area (Å²) in [6, 6.07) is 9.77. The first-order valence-electron chi connectivity index (χ1n) is 9.12. The van der Waals surface area contributed by atoms with Gasteiger partial charge < -0.3 is 24.3 Å². The average Bonchev–Trinajstić information content (AvgIpc) is 2.75. The number of esters is 2. The van der Waals surface area contributed by atoms with Gasteiger partial charge in [0.25, 0.3) is 0 Å².